The van der Waals surface area contributed by atoms with Crippen LogP contribution in [0.4, 0.5) is 0 Å². The molecule has 1 heterocycles. The standard InChI is InChI=1S/C13H21NS/c1-11-4-6-12(7-5-11)14-9-8-13-3-2-10-15-13/h2-3,10-12,14H,4-9H2,1H3. The average Bonchev–Trinajstić information content (AvgIpc) is 2.74. The van der Waals surface area contributed by atoms with Crippen molar-refractivity contribution in [2.24, 2.45) is 5.92 Å². The van der Waals surface area contributed by atoms with E-state index >= 15 is 0 Å². The molecule has 0 unspecified atom stereocenters. The highest BCUT2D eigenvalue weighted by atomic mass is 32.1. The summed E-state index contributed by atoms with van der Waals surface area (Å²) in [5, 5.41) is 5.85. The van der Waals surface area contributed by atoms with Crippen molar-refractivity contribution >= 4 is 11.3 Å². The molecule has 1 aliphatic carbocycles. The van der Waals surface area contributed by atoms with Crippen LogP contribution in [-0.2, 0) is 6.42 Å². The molecule has 0 amide bonds. The van der Waals surface area contributed by atoms with Crippen LogP contribution in [0.25, 0.3) is 0 Å². The summed E-state index contributed by atoms with van der Waals surface area (Å²) in [6.07, 6.45) is 6.79. The van der Waals surface area contributed by atoms with Gasteiger partial charge in [-0.1, -0.05) is 13.0 Å². The molecule has 84 valence electrons. The van der Waals surface area contributed by atoms with Gasteiger partial charge in [0, 0.05) is 17.5 Å². The van der Waals surface area contributed by atoms with E-state index in [9.17, 15) is 0 Å². The maximum atomic E-state index is 3.69. The lowest BCUT2D eigenvalue weighted by Crippen LogP contribution is -2.33. The van der Waals surface area contributed by atoms with Gasteiger partial charge in [-0.3, -0.25) is 0 Å². The van der Waals surface area contributed by atoms with Crippen LogP contribution >= 0.6 is 11.3 Å². The molecule has 1 aromatic heterocycles. The Morgan fingerprint density at radius 3 is 2.80 bits per heavy atom. The Morgan fingerprint density at radius 2 is 2.13 bits per heavy atom. The molecule has 1 aromatic rings. The van der Waals surface area contributed by atoms with Gasteiger partial charge in [0.1, 0.15) is 0 Å². The van der Waals surface area contributed by atoms with E-state index in [1.54, 1.807) is 0 Å². The van der Waals surface area contributed by atoms with E-state index < -0.39 is 0 Å². The lowest BCUT2D eigenvalue weighted by Gasteiger charge is -2.26. The molecular formula is C13H21NS. The molecule has 0 bridgehead atoms. The molecule has 1 nitrogen and oxygen atoms in total. The minimum absolute atomic E-state index is 0.793. The summed E-state index contributed by atoms with van der Waals surface area (Å²) in [5.74, 6) is 0.959. The highest BCUT2D eigenvalue weighted by Gasteiger charge is 2.16. The van der Waals surface area contributed by atoms with Crippen LogP contribution in [-0.4, -0.2) is 12.6 Å². The summed E-state index contributed by atoms with van der Waals surface area (Å²) in [4.78, 5) is 1.51. The third kappa shape index (κ3) is 3.62. The molecule has 0 aliphatic heterocycles. The highest BCUT2D eigenvalue weighted by molar-refractivity contribution is 7.09. The van der Waals surface area contributed by atoms with Crippen molar-refractivity contribution < 1.29 is 0 Å². The van der Waals surface area contributed by atoms with Crippen molar-refractivity contribution in [3.8, 4) is 0 Å². The minimum Gasteiger partial charge on any atom is -0.314 e. The van der Waals surface area contributed by atoms with E-state index in [1.165, 1.54) is 37.0 Å². The fraction of sp³-hybridized carbons (Fsp3) is 0.692. The van der Waals surface area contributed by atoms with Crippen LogP contribution in [0.3, 0.4) is 0 Å². The largest absolute Gasteiger partial charge is 0.314 e. The fourth-order valence-corrected chi connectivity index (χ4v) is 3.03. The van der Waals surface area contributed by atoms with E-state index in [-0.39, 0.29) is 0 Å². The first kappa shape index (κ1) is 11.2. The Morgan fingerprint density at radius 1 is 1.33 bits per heavy atom. The van der Waals surface area contributed by atoms with E-state index in [2.05, 4.69) is 29.8 Å². The normalized spacial score (nSPS) is 26.7. The second-order valence-corrected chi connectivity index (χ2v) is 5.77. The molecule has 1 fully saturated rings. The maximum Gasteiger partial charge on any atom is 0.00673 e. The van der Waals surface area contributed by atoms with E-state index in [0.717, 1.165) is 18.5 Å². The van der Waals surface area contributed by atoms with Crippen LogP contribution in [0.2, 0.25) is 0 Å². The summed E-state index contributed by atoms with van der Waals surface area (Å²) in [6.45, 7) is 3.53. The molecule has 0 aromatic carbocycles. The van der Waals surface area contributed by atoms with Crippen molar-refractivity contribution in [3.05, 3.63) is 22.4 Å². The van der Waals surface area contributed by atoms with Crippen molar-refractivity contribution in [1.82, 2.24) is 5.32 Å². The number of thiophene rings is 1. The summed E-state index contributed by atoms with van der Waals surface area (Å²) in [7, 11) is 0. The van der Waals surface area contributed by atoms with Crippen molar-refractivity contribution in [2.75, 3.05) is 6.54 Å². The number of nitrogens with one attached hydrogen (secondary N) is 1. The van der Waals surface area contributed by atoms with Gasteiger partial charge < -0.3 is 5.32 Å². The molecule has 15 heavy (non-hydrogen) atoms. The van der Waals surface area contributed by atoms with Gasteiger partial charge in [-0.15, -0.1) is 11.3 Å². The van der Waals surface area contributed by atoms with Crippen LogP contribution < -0.4 is 5.32 Å². The van der Waals surface area contributed by atoms with Gasteiger partial charge in [-0.25, -0.2) is 0 Å². The lowest BCUT2D eigenvalue weighted by molar-refractivity contribution is 0.309. The summed E-state index contributed by atoms with van der Waals surface area (Å²) in [5.41, 5.74) is 0. The van der Waals surface area contributed by atoms with Crippen LogP contribution in [0.1, 0.15) is 37.5 Å². The topological polar surface area (TPSA) is 12.0 Å². The predicted octanol–water partition coefficient (Wildman–Crippen LogP) is 3.46. The van der Waals surface area contributed by atoms with E-state index in [4.69, 9.17) is 0 Å². The SMILES string of the molecule is CC1CCC(NCCc2cccs2)CC1. The predicted molar refractivity (Wildman–Crippen MR) is 67.4 cm³/mol. The molecule has 0 saturated heterocycles. The number of rotatable bonds is 4. The molecule has 2 heteroatoms. The van der Waals surface area contributed by atoms with E-state index in [1.807, 2.05) is 11.3 Å². The number of hydrogen-bond donors (Lipinski definition) is 1. The molecule has 0 spiro atoms. The Kier molecular flexibility index (Phi) is 4.21. The summed E-state index contributed by atoms with van der Waals surface area (Å²) < 4.78 is 0. The Bertz CT molecular complexity index is 260. The first-order valence-electron chi connectivity index (χ1n) is 6.10. The second kappa shape index (κ2) is 5.66. The molecule has 1 saturated carbocycles. The van der Waals surface area contributed by atoms with E-state index in [0.29, 0.717) is 0 Å². The molecule has 2 rings (SSSR count). The molecule has 0 atom stereocenters. The van der Waals surface area contributed by atoms with Gasteiger partial charge in [-0.2, -0.15) is 0 Å². The van der Waals surface area contributed by atoms with Crippen LogP contribution in [0.5, 0.6) is 0 Å². The van der Waals surface area contributed by atoms with Crippen LogP contribution in [0.15, 0.2) is 17.5 Å². The maximum absolute atomic E-state index is 3.69. The zero-order chi connectivity index (χ0) is 10.5. The zero-order valence-electron chi connectivity index (χ0n) is 9.54. The molecule has 0 radical (unpaired) electrons. The van der Waals surface area contributed by atoms with Gasteiger partial charge in [0.25, 0.3) is 0 Å². The van der Waals surface area contributed by atoms with Crippen molar-refractivity contribution in [2.45, 2.75) is 45.1 Å². The Hall–Kier alpha value is -0.340. The zero-order valence-corrected chi connectivity index (χ0v) is 10.4. The molecule has 1 aliphatic rings. The van der Waals surface area contributed by atoms with Crippen LogP contribution in [0, 0.1) is 5.92 Å². The lowest BCUT2D eigenvalue weighted by atomic mass is 9.87. The Balaban J connectivity index is 1.62. The van der Waals surface area contributed by atoms with Gasteiger partial charge in [-0.05, 0) is 49.5 Å². The minimum atomic E-state index is 0.793. The quantitative estimate of drug-likeness (QED) is 0.824. The van der Waals surface area contributed by atoms with Crippen molar-refractivity contribution in [1.29, 1.82) is 0 Å². The smallest absolute Gasteiger partial charge is 0.00673 e. The van der Waals surface area contributed by atoms with Gasteiger partial charge in [0.05, 0.1) is 0 Å². The fourth-order valence-electron chi connectivity index (χ4n) is 2.32. The first-order valence-corrected chi connectivity index (χ1v) is 6.98. The molecular weight excluding hydrogens is 202 g/mol. The van der Waals surface area contributed by atoms with Gasteiger partial charge in [0.2, 0.25) is 0 Å². The highest BCUT2D eigenvalue weighted by Crippen LogP contribution is 2.23. The number of hydrogen-bond acceptors (Lipinski definition) is 2. The molecule has 1 N–H and O–H groups in total. The van der Waals surface area contributed by atoms with Gasteiger partial charge in [0.15, 0.2) is 0 Å². The Labute approximate surface area is 96.9 Å². The van der Waals surface area contributed by atoms with Crippen molar-refractivity contribution in [3.63, 3.8) is 0 Å². The average molecular weight is 223 g/mol. The third-order valence-electron chi connectivity index (χ3n) is 3.40. The monoisotopic (exact) mass is 223 g/mol. The summed E-state index contributed by atoms with van der Waals surface area (Å²) in [6, 6.07) is 5.17. The second-order valence-electron chi connectivity index (χ2n) is 4.74. The summed E-state index contributed by atoms with van der Waals surface area (Å²) >= 11 is 1.87. The third-order valence-corrected chi connectivity index (χ3v) is 4.34. The van der Waals surface area contributed by atoms with Gasteiger partial charge >= 0.3 is 0 Å². The first-order chi connectivity index (χ1) is 7.34.